The first-order valence-corrected chi connectivity index (χ1v) is 6.61. The Morgan fingerprint density at radius 3 is 2.89 bits per heavy atom. The number of nitrogens with zero attached hydrogens (tertiary/aromatic N) is 1. The molecule has 5 nitrogen and oxygen atoms in total. The van der Waals surface area contributed by atoms with Crippen LogP contribution in [0.4, 0.5) is 5.69 Å². The molecule has 1 amide bonds. The molecule has 0 radical (unpaired) electrons. The second kappa shape index (κ2) is 5.82. The van der Waals surface area contributed by atoms with E-state index in [1.165, 1.54) is 24.6 Å². The number of amides is 1. The number of carbonyl (C=O) groups excluding carboxylic acids is 1. The number of carbonyl (C=O) groups is 1. The quantitative estimate of drug-likeness (QED) is 0.672. The second-order valence-electron chi connectivity index (χ2n) is 5.25. The van der Waals surface area contributed by atoms with Gasteiger partial charge in [0.2, 0.25) is 0 Å². The Hall–Kier alpha value is -1.91. The van der Waals surface area contributed by atoms with Gasteiger partial charge in [0.25, 0.3) is 11.6 Å². The highest BCUT2D eigenvalue weighted by Gasteiger charge is 2.21. The summed E-state index contributed by atoms with van der Waals surface area (Å²) in [5, 5.41) is 13.7. The molecule has 1 N–H and O–H groups in total. The van der Waals surface area contributed by atoms with Gasteiger partial charge in [0.1, 0.15) is 0 Å². The van der Waals surface area contributed by atoms with Gasteiger partial charge in [0.15, 0.2) is 0 Å². The zero-order valence-corrected chi connectivity index (χ0v) is 11.0. The van der Waals surface area contributed by atoms with Crippen molar-refractivity contribution in [2.45, 2.75) is 38.6 Å². The lowest BCUT2D eigenvalue weighted by Gasteiger charge is -2.27. The summed E-state index contributed by atoms with van der Waals surface area (Å²) in [6.07, 6.45) is 4.32. The summed E-state index contributed by atoms with van der Waals surface area (Å²) in [6.45, 7) is 2.19. The average molecular weight is 262 g/mol. The summed E-state index contributed by atoms with van der Waals surface area (Å²) < 4.78 is 0. The third-order valence-electron chi connectivity index (χ3n) is 3.59. The number of nitro groups is 1. The SMILES string of the molecule is C[C@@H]1CCC[C@@H](NC(=O)c2cccc([N+](=O)[O-])c2)C1. The molecular weight excluding hydrogens is 244 g/mol. The van der Waals surface area contributed by atoms with Gasteiger partial charge in [-0.25, -0.2) is 0 Å². The smallest absolute Gasteiger partial charge is 0.270 e. The Bertz CT molecular complexity index is 487. The van der Waals surface area contributed by atoms with Crippen LogP contribution < -0.4 is 5.32 Å². The largest absolute Gasteiger partial charge is 0.349 e. The molecule has 0 saturated heterocycles. The van der Waals surface area contributed by atoms with Crippen molar-refractivity contribution < 1.29 is 9.72 Å². The Morgan fingerprint density at radius 1 is 1.42 bits per heavy atom. The van der Waals surface area contributed by atoms with E-state index < -0.39 is 4.92 Å². The molecule has 0 unspecified atom stereocenters. The van der Waals surface area contributed by atoms with E-state index in [0.717, 1.165) is 19.3 Å². The molecule has 1 saturated carbocycles. The summed E-state index contributed by atoms with van der Waals surface area (Å²) in [5.74, 6) is 0.409. The third-order valence-corrected chi connectivity index (χ3v) is 3.59. The predicted molar refractivity (Wildman–Crippen MR) is 72.0 cm³/mol. The predicted octanol–water partition coefficient (Wildman–Crippen LogP) is 2.90. The van der Waals surface area contributed by atoms with Crippen LogP contribution in [0, 0.1) is 16.0 Å². The van der Waals surface area contributed by atoms with Gasteiger partial charge in [-0.1, -0.05) is 25.8 Å². The number of hydrogen-bond donors (Lipinski definition) is 1. The fourth-order valence-corrected chi connectivity index (χ4v) is 2.59. The zero-order chi connectivity index (χ0) is 13.8. The van der Waals surface area contributed by atoms with Crippen LogP contribution in [0.2, 0.25) is 0 Å². The lowest BCUT2D eigenvalue weighted by atomic mass is 9.87. The van der Waals surface area contributed by atoms with Gasteiger partial charge in [-0.15, -0.1) is 0 Å². The van der Waals surface area contributed by atoms with Gasteiger partial charge >= 0.3 is 0 Å². The highest BCUT2D eigenvalue weighted by atomic mass is 16.6. The van der Waals surface area contributed by atoms with E-state index >= 15 is 0 Å². The molecule has 1 aliphatic rings. The summed E-state index contributed by atoms with van der Waals surface area (Å²) in [6, 6.07) is 6.04. The average Bonchev–Trinajstić information content (AvgIpc) is 2.39. The van der Waals surface area contributed by atoms with Crippen LogP contribution in [-0.4, -0.2) is 16.9 Å². The molecule has 0 spiro atoms. The molecule has 0 aliphatic heterocycles. The van der Waals surface area contributed by atoms with Crippen molar-refractivity contribution in [3.05, 3.63) is 39.9 Å². The van der Waals surface area contributed by atoms with Crippen LogP contribution in [0.5, 0.6) is 0 Å². The molecule has 1 aromatic carbocycles. The number of hydrogen-bond acceptors (Lipinski definition) is 3. The van der Waals surface area contributed by atoms with Crippen molar-refractivity contribution in [3.8, 4) is 0 Å². The number of rotatable bonds is 3. The van der Waals surface area contributed by atoms with Gasteiger partial charge in [-0.2, -0.15) is 0 Å². The van der Waals surface area contributed by atoms with Gasteiger partial charge < -0.3 is 5.32 Å². The number of non-ortho nitro benzene ring substituents is 1. The highest BCUT2D eigenvalue weighted by Crippen LogP contribution is 2.24. The molecule has 0 heterocycles. The lowest BCUT2D eigenvalue weighted by Crippen LogP contribution is -2.37. The molecule has 0 bridgehead atoms. The van der Waals surface area contributed by atoms with E-state index in [1.807, 2.05) is 0 Å². The van der Waals surface area contributed by atoms with Gasteiger partial charge in [0.05, 0.1) is 4.92 Å². The van der Waals surface area contributed by atoms with Crippen molar-refractivity contribution in [2.75, 3.05) is 0 Å². The lowest BCUT2D eigenvalue weighted by molar-refractivity contribution is -0.384. The zero-order valence-electron chi connectivity index (χ0n) is 11.0. The van der Waals surface area contributed by atoms with E-state index in [4.69, 9.17) is 0 Å². The Labute approximate surface area is 112 Å². The standard InChI is InChI=1S/C14H18N2O3/c1-10-4-2-6-12(8-10)15-14(17)11-5-3-7-13(9-11)16(18)19/h3,5,7,9-10,12H,2,4,6,8H2,1H3,(H,15,17)/t10-,12-/m1/s1. The van der Waals surface area contributed by atoms with Crippen molar-refractivity contribution in [1.82, 2.24) is 5.32 Å². The molecule has 0 aromatic heterocycles. The van der Waals surface area contributed by atoms with Crippen molar-refractivity contribution in [3.63, 3.8) is 0 Å². The topological polar surface area (TPSA) is 72.2 Å². The molecule has 102 valence electrons. The Morgan fingerprint density at radius 2 is 2.21 bits per heavy atom. The minimum atomic E-state index is -0.487. The minimum Gasteiger partial charge on any atom is -0.349 e. The minimum absolute atomic E-state index is 0.0512. The first-order valence-electron chi connectivity index (χ1n) is 6.61. The first-order chi connectivity index (χ1) is 9.06. The summed E-state index contributed by atoms with van der Waals surface area (Å²) in [5.41, 5.74) is 0.303. The normalized spacial score (nSPS) is 22.8. The van der Waals surface area contributed by atoms with Gasteiger partial charge in [0, 0.05) is 23.7 Å². The maximum Gasteiger partial charge on any atom is 0.270 e. The Balaban J connectivity index is 2.03. The third kappa shape index (κ3) is 3.53. The Kier molecular flexibility index (Phi) is 4.14. The summed E-state index contributed by atoms with van der Waals surface area (Å²) >= 11 is 0. The number of nitrogens with one attached hydrogen (secondary N) is 1. The first kappa shape index (κ1) is 13.5. The monoisotopic (exact) mass is 262 g/mol. The van der Waals surface area contributed by atoms with E-state index in [0.29, 0.717) is 11.5 Å². The molecule has 1 fully saturated rings. The van der Waals surface area contributed by atoms with Crippen LogP contribution >= 0.6 is 0 Å². The summed E-state index contributed by atoms with van der Waals surface area (Å²) in [7, 11) is 0. The van der Waals surface area contributed by atoms with Crippen LogP contribution in [-0.2, 0) is 0 Å². The van der Waals surface area contributed by atoms with Crippen molar-refractivity contribution in [1.29, 1.82) is 0 Å². The van der Waals surface area contributed by atoms with Crippen molar-refractivity contribution >= 4 is 11.6 Å². The molecule has 2 rings (SSSR count). The van der Waals surface area contributed by atoms with Crippen LogP contribution in [0.25, 0.3) is 0 Å². The molecular formula is C14H18N2O3. The maximum atomic E-state index is 12.1. The number of benzene rings is 1. The molecule has 1 aliphatic carbocycles. The molecule has 5 heteroatoms. The van der Waals surface area contributed by atoms with Crippen LogP contribution in [0.1, 0.15) is 43.0 Å². The molecule has 19 heavy (non-hydrogen) atoms. The fraction of sp³-hybridized carbons (Fsp3) is 0.500. The van der Waals surface area contributed by atoms with Gasteiger partial charge in [-0.3, -0.25) is 14.9 Å². The number of nitro benzene ring substituents is 1. The van der Waals surface area contributed by atoms with Crippen molar-refractivity contribution in [2.24, 2.45) is 5.92 Å². The maximum absolute atomic E-state index is 12.1. The summed E-state index contributed by atoms with van der Waals surface area (Å²) in [4.78, 5) is 22.3. The highest BCUT2D eigenvalue weighted by molar-refractivity contribution is 5.95. The molecule has 1 aromatic rings. The molecule has 2 atom stereocenters. The van der Waals surface area contributed by atoms with E-state index in [1.54, 1.807) is 6.07 Å². The van der Waals surface area contributed by atoms with Gasteiger partial charge in [-0.05, 0) is 24.8 Å². The van der Waals surface area contributed by atoms with E-state index in [2.05, 4.69) is 12.2 Å². The van der Waals surface area contributed by atoms with Crippen LogP contribution in [0.15, 0.2) is 24.3 Å². The fourth-order valence-electron chi connectivity index (χ4n) is 2.59. The second-order valence-corrected chi connectivity index (χ2v) is 5.25. The van der Waals surface area contributed by atoms with E-state index in [-0.39, 0.29) is 17.6 Å². The van der Waals surface area contributed by atoms with Crippen LogP contribution in [0.3, 0.4) is 0 Å². The van der Waals surface area contributed by atoms with E-state index in [9.17, 15) is 14.9 Å².